The Hall–Kier alpha value is -3.93. The maximum absolute atomic E-state index is 13.9. The number of aromatic nitrogens is 1. The molecule has 0 bridgehead atoms. The highest BCUT2D eigenvalue weighted by atomic mass is 19.1. The van der Waals surface area contributed by atoms with Gasteiger partial charge in [0.15, 0.2) is 6.61 Å². The molecule has 1 aromatic heterocycles. The summed E-state index contributed by atoms with van der Waals surface area (Å²) in [6, 6.07) is 21.2. The molecule has 4 aromatic rings. The minimum Gasteiger partial charge on any atom is -0.505 e. The van der Waals surface area contributed by atoms with E-state index in [-0.39, 0.29) is 12.4 Å². The number of phenols is 1. The number of carbonyl (C=O) groups is 1. The van der Waals surface area contributed by atoms with Gasteiger partial charge in [-0.2, -0.15) is 0 Å². The normalized spacial score (nSPS) is 11.8. The van der Waals surface area contributed by atoms with Crippen LogP contribution in [0.5, 0.6) is 11.5 Å². The molecule has 0 spiro atoms. The molecule has 3 aromatic carbocycles. The summed E-state index contributed by atoms with van der Waals surface area (Å²) in [6.07, 6.45) is 1.58. The fourth-order valence-electron chi connectivity index (χ4n) is 3.27. The van der Waals surface area contributed by atoms with Crippen LogP contribution in [0.25, 0.3) is 10.9 Å². The Kier molecular flexibility index (Phi) is 5.57. The number of para-hydroxylation sites is 1. The van der Waals surface area contributed by atoms with Gasteiger partial charge in [0.25, 0.3) is 5.91 Å². The van der Waals surface area contributed by atoms with Crippen LogP contribution in [0.2, 0.25) is 0 Å². The van der Waals surface area contributed by atoms with E-state index >= 15 is 0 Å². The first-order chi connectivity index (χ1) is 14.6. The first-order valence-electron chi connectivity index (χ1n) is 9.41. The minimum absolute atomic E-state index is 0.0633. The van der Waals surface area contributed by atoms with E-state index in [0.717, 1.165) is 5.39 Å². The fourth-order valence-corrected chi connectivity index (χ4v) is 3.27. The van der Waals surface area contributed by atoms with Crippen molar-refractivity contribution in [2.75, 3.05) is 6.61 Å². The van der Waals surface area contributed by atoms with Gasteiger partial charge in [-0.1, -0.05) is 48.5 Å². The second kappa shape index (κ2) is 8.61. The molecule has 4 rings (SSSR count). The molecule has 0 aliphatic heterocycles. The van der Waals surface area contributed by atoms with E-state index in [1.54, 1.807) is 48.7 Å². The Morgan fingerprint density at radius 1 is 1.03 bits per heavy atom. The summed E-state index contributed by atoms with van der Waals surface area (Å²) in [7, 11) is 0. The van der Waals surface area contributed by atoms with Gasteiger partial charge in [-0.15, -0.1) is 0 Å². The molecule has 30 heavy (non-hydrogen) atoms. The first kappa shape index (κ1) is 19.4. The second-order valence-corrected chi connectivity index (χ2v) is 6.74. The number of halogens is 1. The average Bonchev–Trinajstić information content (AvgIpc) is 2.78. The number of hydrogen-bond donors (Lipinski definition) is 2. The van der Waals surface area contributed by atoms with Crippen LogP contribution in [0.4, 0.5) is 4.39 Å². The van der Waals surface area contributed by atoms with Crippen LogP contribution in [0, 0.1) is 5.82 Å². The van der Waals surface area contributed by atoms with Crippen LogP contribution in [0.3, 0.4) is 0 Å². The highest BCUT2D eigenvalue weighted by Gasteiger charge is 2.22. The lowest BCUT2D eigenvalue weighted by molar-refractivity contribution is -0.123. The molecule has 1 atom stereocenters. The Bertz CT molecular complexity index is 1180. The quantitative estimate of drug-likeness (QED) is 0.503. The number of ether oxygens (including phenoxy) is 1. The summed E-state index contributed by atoms with van der Waals surface area (Å²) in [5, 5.41) is 14.4. The molecule has 1 unspecified atom stereocenters. The van der Waals surface area contributed by atoms with E-state index in [9.17, 15) is 14.3 Å². The summed E-state index contributed by atoms with van der Waals surface area (Å²) in [4.78, 5) is 16.8. The zero-order valence-electron chi connectivity index (χ0n) is 16.0. The van der Waals surface area contributed by atoms with Crippen molar-refractivity contribution in [1.82, 2.24) is 10.3 Å². The van der Waals surface area contributed by atoms with Crippen LogP contribution in [-0.2, 0) is 4.79 Å². The molecule has 0 aliphatic rings. The van der Waals surface area contributed by atoms with E-state index in [1.165, 1.54) is 12.1 Å². The SMILES string of the molecule is O=C(COc1ccccc1)NC(c1cccc(F)c1)c1ccc2cccnc2c1O. The van der Waals surface area contributed by atoms with Crippen LogP contribution < -0.4 is 10.1 Å². The number of nitrogens with one attached hydrogen (secondary N) is 1. The molecule has 0 aliphatic carbocycles. The lowest BCUT2D eigenvalue weighted by atomic mass is 9.96. The van der Waals surface area contributed by atoms with Crippen molar-refractivity contribution in [3.63, 3.8) is 0 Å². The van der Waals surface area contributed by atoms with Gasteiger partial charge in [-0.3, -0.25) is 9.78 Å². The van der Waals surface area contributed by atoms with Crippen LogP contribution in [0.15, 0.2) is 85.1 Å². The molecule has 1 heterocycles. The van der Waals surface area contributed by atoms with Gasteiger partial charge >= 0.3 is 0 Å². The molecule has 1 amide bonds. The molecule has 0 radical (unpaired) electrons. The number of fused-ring (bicyclic) bond motifs is 1. The van der Waals surface area contributed by atoms with Crippen molar-refractivity contribution in [3.05, 3.63) is 102 Å². The van der Waals surface area contributed by atoms with Gasteiger partial charge in [0.05, 0.1) is 6.04 Å². The monoisotopic (exact) mass is 402 g/mol. The van der Waals surface area contributed by atoms with E-state index in [1.807, 2.05) is 24.3 Å². The molecule has 0 saturated carbocycles. The van der Waals surface area contributed by atoms with Gasteiger partial charge in [0.1, 0.15) is 22.8 Å². The number of rotatable bonds is 6. The zero-order valence-corrected chi connectivity index (χ0v) is 16.0. The first-order valence-corrected chi connectivity index (χ1v) is 9.41. The third-order valence-corrected chi connectivity index (χ3v) is 4.69. The third kappa shape index (κ3) is 4.22. The number of amides is 1. The molecule has 6 heteroatoms. The second-order valence-electron chi connectivity index (χ2n) is 6.74. The van der Waals surface area contributed by atoms with Gasteiger partial charge in [-0.25, -0.2) is 4.39 Å². The lowest BCUT2D eigenvalue weighted by Gasteiger charge is -2.21. The van der Waals surface area contributed by atoms with E-state index in [2.05, 4.69) is 10.3 Å². The maximum Gasteiger partial charge on any atom is 0.258 e. The molecular formula is C24H19FN2O3. The Morgan fingerprint density at radius 3 is 2.67 bits per heavy atom. The molecule has 150 valence electrons. The Morgan fingerprint density at radius 2 is 1.87 bits per heavy atom. The Labute approximate surface area is 172 Å². The minimum atomic E-state index is -0.779. The van der Waals surface area contributed by atoms with Crippen molar-refractivity contribution >= 4 is 16.8 Å². The number of hydrogen-bond acceptors (Lipinski definition) is 4. The van der Waals surface area contributed by atoms with Gasteiger partial charge in [0, 0.05) is 17.1 Å². The van der Waals surface area contributed by atoms with E-state index < -0.39 is 17.8 Å². The zero-order chi connectivity index (χ0) is 20.9. The van der Waals surface area contributed by atoms with Crippen molar-refractivity contribution in [3.8, 4) is 11.5 Å². The molecule has 0 fully saturated rings. The van der Waals surface area contributed by atoms with E-state index in [0.29, 0.717) is 22.4 Å². The smallest absolute Gasteiger partial charge is 0.258 e. The number of benzene rings is 3. The molecule has 5 nitrogen and oxygen atoms in total. The summed E-state index contributed by atoms with van der Waals surface area (Å²) in [5.74, 6) is -0.348. The largest absolute Gasteiger partial charge is 0.505 e. The summed E-state index contributed by atoms with van der Waals surface area (Å²) in [5.41, 5.74) is 1.32. The van der Waals surface area contributed by atoms with Crippen LogP contribution >= 0.6 is 0 Å². The number of nitrogens with zero attached hydrogens (tertiary/aromatic N) is 1. The summed E-state index contributed by atoms with van der Waals surface area (Å²) in [6.45, 7) is -0.220. The average molecular weight is 402 g/mol. The third-order valence-electron chi connectivity index (χ3n) is 4.69. The number of carbonyl (C=O) groups excluding carboxylic acids is 1. The van der Waals surface area contributed by atoms with Crippen molar-refractivity contribution in [1.29, 1.82) is 0 Å². The number of aromatic hydroxyl groups is 1. The van der Waals surface area contributed by atoms with Gasteiger partial charge < -0.3 is 15.2 Å². The van der Waals surface area contributed by atoms with E-state index in [4.69, 9.17) is 4.74 Å². The number of pyridine rings is 1. The standard InChI is InChI=1S/C24H19FN2O3/c25-18-8-4-6-17(14-18)22(27-21(28)15-30-19-9-2-1-3-10-19)20-12-11-16-7-5-13-26-23(16)24(20)29/h1-14,22,29H,15H2,(H,27,28). The van der Waals surface area contributed by atoms with Crippen LogP contribution in [-0.4, -0.2) is 22.6 Å². The van der Waals surface area contributed by atoms with Crippen molar-refractivity contribution in [2.45, 2.75) is 6.04 Å². The molecular weight excluding hydrogens is 383 g/mol. The van der Waals surface area contributed by atoms with Crippen molar-refractivity contribution in [2.24, 2.45) is 0 Å². The Balaban J connectivity index is 1.65. The van der Waals surface area contributed by atoms with Gasteiger partial charge in [0.2, 0.25) is 0 Å². The fraction of sp³-hybridized carbons (Fsp3) is 0.0833. The topological polar surface area (TPSA) is 71.5 Å². The predicted molar refractivity (Wildman–Crippen MR) is 112 cm³/mol. The predicted octanol–water partition coefficient (Wildman–Crippen LogP) is 4.36. The van der Waals surface area contributed by atoms with Crippen molar-refractivity contribution < 1.29 is 19.0 Å². The highest BCUT2D eigenvalue weighted by molar-refractivity contribution is 5.86. The summed E-state index contributed by atoms with van der Waals surface area (Å²) >= 11 is 0. The molecule has 2 N–H and O–H groups in total. The maximum atomic E-state index is 13.9. The highest BCUT2D eigenvalue weighted by Crippen LogP contribution is 2.34. The number of phenolic OH excluding ortho intramolecular Hbond substituents is 1. The lowest BCUT2D eigenvalue weighted by Crippen LogP contribution is -2.33. The van der Waals surface area contributed by atoms with Gasteiger partial charge in [-0.05, 0) is 35.9 Å². The summed E-state index contributed by atoms with van der Waals surface area (Å²) < 4.78 is 19.4. The van der Waals surface area contributed by atoms with Crippen LogP contribution in [0.1, 0.15) is 17.2 Å². The molecule has 0 saturated heterocycles.